The molecular weight excluding hydrogens is 389 g/mol. The molecule has 148 valence electrons. The molecule has 1 fully saturated rings. The number of hydrogen-bond acceptors (Lipinski definition) is 5. The molecule has 0 spiro atoms. The van der Waals surface area contributed by atoms with Crippen LogP contribution >= 0.6 is 11.3 Å². The fraction of sp³-hybridized carbons (Fsp3) is 0.227. The van der Waals surface area contributed by atoms with Gasteiger partial charge in [-0.05, 0) is 43.2 Å². The highest BCUT2D eigenvalue weighted by atomic mass is 32.1. The number of piperidine rings is 1. The third kappa shape index (κ3) is 4.35. The van der Waals surface area contributed by atoms with E-state index in [9.17, 15) is 14.0 Å². The number of carbonyl (C=O) groups excluding carboxylic acids is 2. The van der Waals surface area contributed by atoms with Crippen LogP contribution in [-0.2, 0) is 0 Å². The lowest BCUT2D eigenvalue weighted by molar-refractivity contribution is 0.0921. The first-order chi connectivity index (χ1) is 14.1. The van der Waals surface area contributed by atoms with E-state index >= 15 is 0 Å². The van der Waals surface area contributed by atoms with Crippen molar-refractivity contribution in [3.63, 3.8) is 0 Å². The summed E-state index contributed by atoms with van der Waals surface area (Å²) in [6.45, 7) is 1.66. The summed E-state index contributed by atoms with van der Waals surface area (Å²) in [4.78, 5) is 32.3. The number of ketones is 1. The molecule has 2 aromatic carbocycles. The van der Waals surface area contributed by atoms with E-state index in [-0.39, 0.29) is 17.7 Å². The second-order valence-electron chi connectivity index (χ2n) is 6.93. The number of benzene rings is 2. The standard InChI is InChI=1S/C22H20FN3O2S/c23-16-7-5-15(6-8-16)20(27)18-3-1-2-4-19(18)21(28)25-17-9-12-26(13-10-17)22-24-11-14-29-22/h1-8,11,14,17H,9-10,12-13H2,(H,25,28). The van der Waals surface area contributed by atoms with Crippen LogP contribution in [0, 0.1) is 5.82 Å². The number of hydrogen-bond donors (Lipinski definition) is 1. The molecule has 4 rings (SSSR count). The highest BCUT2D eigenvalue weighted by molar-refractivity contribution is 7.13. The number of carbonyl (C=O) groups is 2. The molecule has 3 aromatic rings. The van der Waals surface area contributed by atoms with Crippen LogP contribution in [0.15, 0.2) is 60.1 Å². The van der Waals surface area contributed by atoms with Gasteiger partial charge in [-0.25, -0.2) is 9.37 Å². The Kier molecular flexibility index (Phi) is 5.67. The Morgan fingerprint density at radius 1 is 1.03 bits per heavy atom. The number of nitrogens with zero attached hydrogens (tertiary/aromatic N) is 2. The number of rotatable bonds is 5. The average molecular weight is 409 g/mol. The Morgan fingerprint density at radius 3 is 2.38 bits per heavy atom. The van der Waals surface area contributed by atoms with Gasteiger partial charge in [-0.3, -0.25) is 9.59 Å². The van der Waals surface area contributed by atoms with Crippen molar-refractivity contribution in [3.8, 4) is 0 Å². The van der Waals surface area contributed by atoms with Crippen molar-refractivity contribution in [1.29, 1.82) is 0 Å². The van der Waals surface area contributed by atoms with Gasteiger partial charge in [0.15, 0.2) is 10.9 Å². The van der Waals surface area contributed by atoms with Crippen molar-refractivity contribution in [2.75, 3.05) is 18.0 Å². The highest BCUT2D eigenvalue weighted by Crippen LogP contribution is 2.22. The van der Waals surface area contributed by atoms with Crippen molar-refractivity contribution in [2.24, 2.45) is 0 Å². The van der Waals surface area contributed by atoms with Crippen LogP contribution in [0.3, 0.4) is 0 Å². The lowest BCUT2D eigenvalue weighted by atomic mass is 9.97. The molecule has 1 amide bonds. The summed E-state index contributed by atoms with van der Waals surface area (Å²) in [6, 6.07) is 12.1. The van der Waals surface area contributed by atoms with Crippen LogP contribution in [0.1, 0.15) is 39.1 Å². The van der Waals surface area contributed by atoms with Crippen molar-refractivity contribution in [3.05, 3.63) is 82.6 Å². The fourth-order valence-electron chi connectivity index (χ4n) is 3.49. The Morgan fingerprint density at radius 2 is 1.72 bits per heavy atom. The average Bonchev–Trinajstić information content (AvgIpc) is 3.29. The van der Waals surface area contributed by atoms with Gasteiger partial charge in [0.2, 0.25) is 0 Å². The Balaban J connectivity index is 1.44. The molecule has 1 aromatic heterocycles. The fourth-order valence-corrected chi connectivity index (χ4v) is 4.18. The van der Waals surface area contributed by atoms with Gasteiger partial charge in [-0.2, -0.15) is 0 Å². The summed E-state index contributed by atoms with van der Waals surface area (Å²) in [5.74, 6) is -0.963. The molecule has 7 heteroatoms. The lowest BCUT2D eigenvalue weighted by Gasteiger charge is -2.32. The molecule has 1 aliphatic heterocycles. The molecule has 1 aliphatic rings. The summed E-state index contributed by atoms with van der Waals surface area (Å²) in [5.41, 5.74) is 1.00. The monoisotopic (exact) mass is 409 g/mol. The largest absolute Gasteiger partial charge is 0.349 e. The van der Waals surface area contributed by atoms with Gasteiger partial charge in [-0.1, -0.05) is 18.2 Å². The number of halogens is 1. The molecule has 5 nitrogen and oxygen atoms in total. The molecular formula is C22H20FN3O2S. The maximum atomic E-state index is 13.2. The molecule has 0 radical (unpaired) electrons. The van der Waals surface area contributed by atoms with Gasteiger partial charge in [0, 0.05) is 41.8 Å². The molecule has 0 unspecified atom stereocenters. The minimum absolute atomic E-state index is 0.0488. The third-order valence-corrected chi connectivity index (χ3v) is 5.87. The van der Waals surface area contributed by atoms with Crippen LogP contribution in [0.4, 0.5) is 9.52 Å². The smallest absolute Gasteiger partial charge is 0.252 e. The van der Waals surface area contributed by atoms with Crippen molar-refractivity contribution >= 4 is 28.2 Å². The maximum Gasteiger partial charge on any atom is 0.252 e. The van der Waals surface area contributed by atoms with Gasteiger partial charge >= 0.3 is 0 Å². The maximum absolute atomic E-state index is 13.2. The van der Waals surface area contributed by atoms with Crippen LogP contribution in [0.5, 0.6) is 0 Å². The lowest BCUT2D eigenvalue weighted by Crippen LogP contribution is -2.45. The van der Waals surface area contributed by atoms with E-state index in [1.165, 1.54) is 24.3 Å². The zero-order valence-electron chi connectivity index (χ0n) is 15.7. The third-order valence-electron chi connectivity index (χ3n) is 5.04. The first-order valence-corrected chi connectivity index (χ1v) is 10.3. The van der Waals surface area contributed by atoms with Gasteiger partial charge in [0.25, 0.3) is 5.91 Å². The van der Waals surface area contributed by atoms with Crippen LogP contribution in [0.2, 0.25) is 0 Å². The molecule has 29 heavy (non-hydrogen) atoms. The summed E-state index contributed by atoms with van der Waals surface area (Å²) < 4.78 is 13.2. The van der Waals surface area contributed by atoms with Gasteiger partial charge < -0.3 is 10.2 Å². The van der Waals surface area contributed by atoms with Crippen molar-refractivity contribution < 1.29 is 14.0 Å². The molecule has 0 bridgehead atoms. The van der Waals surface area contributed by atoms with Crippen LogP contribution in [0.25, 0.3) is 0 Å². The van der Waals surface area contributed by atoms with E-state index in [2.05, 4.69) is 15.2 Å². The molecule has 0 saturated carbocycles. The minimum atomic E-state index is -0.406. The number of amides is 1. The van der Waals surface area contributed by atoms with Crippen LogP contribution in [-0.4, -0.2) is 35.8 Å². The summed E-state index contributed by atoms with van der Waals surface area (Å²) >= 11 is 1.61. The predicted molar refractivity (Wildman–Crippen MR) is 111 cm³/mol. The quantitative estimate of drug-likeness (QED) is 0.649. The zero-order chi connectivity index (χ0) is 20.2. The van der Waals surface area contributed by atoms with E-state index in [0.717, 1.165) is 31.1 Å². The van der Waals surface area contributed by atoms with E-state index in [1.54, 1.807) is 41.8 Å². The summed E-state index contributed by atoms with van der Waals surface area (Å²) in [5, 5.41) is 6.02. The van der Waals surface area contributed by atoms with Gasteiger partial charge in [0.1, 0.15) is 5.82 Å². The van der Waals surface area contributed by atoms with Gasteiger partial charge in [0.05, 0.1) is 5.56 Å². The normalized spacial score (nSPS) is 14.6. The summed E-state index contributed by atoms with van der Waals surface area (Å²) in [6.07, 6.45) is 3.43. The number of nitrogens with one attached hydrogen (secondary N) is 1. The van der Waals surface area contributed by atoms with Crippen molar-refractivity contribution in [1.82, 2.24) is 10.3 Å². The Labute approximate surface area is 172 Å². The first kappa shape index (κ1) is 19.3. The number of thiazole rings is 1. The van der Waals surface area contributed by atoms with E-state index in [1.807, 2.05) is 5.38 Å². The molecule has 0 aliphatic carbocycles. The second kappa shape index (κ2) is 8.53. The second-order valence-corrected chi connectivity index (χ2v) is 7.80. The molecule has 0 atom stereocenters. The SMILES string of the molecule is O=C(NC1CCN(c2nccs2)CC1)c1ccccc1C(=O)c1ccc(F)cc1. The molecule has 1 saturated heterocycles. The number of anilines is 1. The highest BCUT2D eigenvalue weighted by Gasteiger charge is 2.24. The Bertz CT molecular complexity index is 997. The van der Waals surface area contributed by atoms with E-state index < -0.39 is 5.82 Å². The van der Waals surface area contributed by atoms with Crippen molar-refractivity contribution in [2.45, 2.75) is 18.9 Å². The molecule has 1 N–H and O–H groups in total. The molecule has 2 heterocycles. The zero-order valence-corrected chi connectivity index (χ0v) is 16.5. The van der Waals surface area contributed by atoms with E-state index in [4.69, 9.17) is 0 Å². The Hall–Kier alpha value is -3.06. The van der Waals surface area contributed by atoms with Crippen LogP contribution < -0.4 is 10.2 Å². The first-order valence-electron chi connectivity index (χ1n) is 9.46. The topological polar surface area (TPSA) is 62.3 Å². The van der Waals surface area contributed by atoms with E-state index in [0.29, 0.717) is 16.7 Å². The minimum Gasteiger partial charge on any atom is -0.349 e. The predicted octanol–water partition coefficient (Wildman–Crippen LogP) is 3.91. The summed E-state index contributed by atoms with van der Waals surface area (Å²) in [7, 11) is 0. The van der Waals surface area contributed by atoms with Gasteiger partial charge in [-0.15, -0.1) is 11.3 Å². The number of aromatic nitrogens is 1.